The van der Waals surface area contributed by atoms with Gasteiger partial charge in [0.15, 0.2) is 5.82 Å². The summed E-state index contributed by atoms with van der Waals surface area (Å²) >= 11 is 0. The largest absolute Gasteiger partial charge is 0.444 e. The number of rotatable bonds is 3. The number of fused-ring (bicyclic) bond motifs is 2. The van der Waals surface area contributed by atoms with Crippen molar-refractivity contribution in [2.24, 2.45) is 0 Å². The fourth-order valence-electron chi connectivity index (χ4n) is 7.04. The van der Waals surface area contributed by atoms with E-state index in [9.17, 15) is 4.79 Å². The van der Waals surface area contributed by atoms with Crippen LogP contribution in [-0.4, -0.2) is 31.3 Å². The zero-order valence-corrected chi connectivity index (χ0v) is 24.6. The predicted molar refractivity (Wildman–Crippen MR) is 156 cm³/mol. The van der Waals surface area contributed by atoms with Crippen molar-refractivity contribution in [3.8, 4) is 0 Å². The minimum atomic E-state index is -0.490. The molecule has 8 heteroatoms. The summed E-state index contributed by atoms with van der Waals surface area (Å²) in [7, 11) is 0. The number of hydrogen-bond donors (Lipinski definition) is 2. The molecule has 0 spiro atoms. The van der Waals surface area contributed by atoms with Gasteiger partial charge in [-0.25, -0.2) is 4.79 Å². The van der Waals surface area contributed by atoms with E-state index in [2.05, 4.69) is 19.8 Å². The number of carbonyl (C=O) groups excluding carboxylic acids is 1. The molecule has 6 rings (SSSR count). The average molecular weight is 539 g/mol. The van der Waals surface area contributed by atoms with Crippen molar-refractivity contribution in [3.05, 3.63) is 22.5 Å². The van der Waals surface area contributed by atoms with E-state index in [1.54, 1.807) is 0 Å². The van der Waals surface area contributed by atoms with Crippen molar-refractivity contribution in [2.75, 3.05) is 11.1 Å². The number of aromatic nitrogens is 4. The minimum absolute atomic E-state index is 0.404. The predicted octanol–water partition coefficient (Wildman–Crippen LogP) is 7.46. The van der Waals surface area contributed by atoms with Crippen molar-refractivity contribution in [1.29, 1.82) is 0 Å². The fraction of sp³-hybridized carbons (Fsp3) is 0.774. The van der Waals surface area contributed by atoms with Gasteiger partial charge in [-0.05, 0) is 97.8 Å². The molecular formula is C31H50N6O2. The van der Waals surface area contributed by atoms with Gasteiger partial charge in [-0.1, -0.05) is 38.5 Å². The number of hydrogen-bond acceptors (Lipinski definition) is 5. The lowest BCUT2D eigenvalue weighted by Crippen LogP contribution is -2.27. The zero-order valence-electron chi connectivity index (χ0n) is 24.6. The molecule has 0 radical (unpaired) electrons. The Bertz CT molecular complexity index is 1120. The highest BCUT2D eigenvalue weighted by Crippen LogP contribution is 2.36. The van der Waals surface area contributed by atoms with Gasteiger partial charge < -0.3 is 10.5 Å². The fourth-order valence-corrected chi connectivity index (χ4v) is 7.04. The van der Waals surface area contributed by atoms with E-state index in [0.717, 1.165) is 30.9 Å². The van der Waals surface area contributed by atoms with Crippen LogP contribution in [-0.2, 0) is 30.4 Å². The number of nitrogens with zero attached hydrogens (tertiary/aromatic N) is 4. The van der Waals surface area contributed by atoms with Crippen LogP contribution < -0.4 is 11.1 Å². The van der Waals surface area contributed by atoms with Gasteiger partial charge in [0.1, 0.15) is 11.4 Å². The van der Waals surface area contributed by atoms with E-state index in [4.69, 9.17) is 15.6 Å². The summed E-state index contributed by atoms with van der Waals surface area (Å²) in [6.45, 7) is 5.63. The third-order valence-electron chi connectivity index (χ3n) is 8.91. The van der Waals surface area contributed by atoms with Crippen molar-refractivity contribution in [3.63, 3.8) is 0 Å². The van der Waals surface area contributed by atoms with Gasteiger partial charge in [0.2, 0.25) is 0 Å². The minimum Gasteiger partial charge on any atom is -0.444 e. The number of nitrogens with one attached hydrogen (secondary N) is 1. The second-order valence-corrected chi connectivity index (χ2v) is 13.1. The number of amides is 1. The summed E-state index contributed by atoms with van der Waals surface area (Å²) in [5.74, 6) is 1.53. The van der Waals surface area contributed by atoms with E-state index >= 15 is 0 Å². The Morgan fingerprint density at radius 3 is 1.79 bits per heavy atom. The smallest absolute Gasteiger partial charge is 0.413 e. The van der Waals surface area contributed by atoms with E-state index in [-0.39, 0.29) is 0 Å². The van der Waals surface area contributed by atoms with E-state index in [1.807, 2.05) is 20.8 Å². The average Bonchev–Trinajstić information content (AvgIpc) is 3.47. The van der Waals surface area contributed by atoms with Gasteiger partial charge >= 0.3 is 6.09 Å². The molecule has 0 bridgehead atoms. The van der Waals surface area contributed by atoms with E-state index in [1.165, 1.54) is 119 Å². The summed E-state index contributed by atoms with van der Waals surface area (Å²) in [5, 5.41) is 12.3. The number of carbonyl (C=O) groups is 1. The summed E-state index contributed by atoms with van der Waals surface area (Å²) in [5.41, 5.74) is 10.9. The van der Waals surface area contributed by atoms with Crippen LogP contribution in [0.1, 0.15) is 145 Å². The quantitative estimate of drug-likeness (QED) is 0.422. The summed E-state index contributed by atoms with van der Waals surface area (Å²) in [4.78, 5) is 12.1. The first kappa shape index (κ1) is 28.0. The van der Waals surface area contributed by atoms with Gasteiger partial charge in [-0.3, -0.25) is 14.7 Å². The first-order valence-corrected chi connectivity index (χ1v) is 15.8. The Morgan fingerprint density at radius 1 is 0.744 bits per heavy atom. The lowest BCUT2D eigenvalue weighted by atomic mass is 9.93. The Balaban J connectivity index is 0.000000168. The Hall–Kier alpha value is -2.51. The number of nitrogens with two attached hydrogens (primary N) is 1. The number of anilines is 2. The maximum Gasteiger partial charge on any atom is 0.413 e. The third kappa shape index (κ3) is 6.80. The molecule has 2 heterocycles. The van der Waals surface area contributed by atoms with Crippen LogP contribution in [0.25, 0.3) is 0 Å². The molecule has 39 heavy (non-hydrogen) atoms. The van der Waals surface area contributed by atoms with Crippen LogP contribution in [0.3, 0.4) is 0 Å². The van der Waals surface area contributed by atoms with Crippen LogP contribution in [0.15, 0.2) is 0 Å². The normalized spacial score (nSPS) is 20.4. The molecule has 0 aromatic carbocycles. The van der Waals surface area contributed by atoms with Gasteiger partial charge in [-0.2, -0.15) is 10.2 Å². The van der Waals surface area contributed by atoms with Crippen molar-refractivity contribution >= 4 is 17.7 Å². The van der Waals surface area contributed by atoms with Crippen molar-refractivity contribution in [1.82, 2.24) is 19.6 Å². The maximum atomic E-state index is 12.1. The molecule has 0 saturated heterocycles. The van der Waals surface area contributed by atoms with Gasteiger partial charge in [-0.15, -0.1) is 0 Å². The molecule has 0 atom stereocenters. The van der Waals surface area contributed by atoms with Crippen LogP contribution in [0, 0.1) is 0 Å². The molecule has 2 saturated carbocycles. The van der Waals surface area contributed by atoms with E-state index < -0.39 is 11.7 Å². The zero-order chi connectivity index (χ0) is 27.4. The summed E-state index contributed by atoms with van der Waals surface area (Å²) < 4.78 is 9.89. The van der Waals surface area contributed by atoms with Gasteiger partial charge in [0.05, 0.1) is 12.1 Å². The van der Waals surface area contributed by atoms with Crippen LogP contribution in [0.4, 0.5) is 16.4 Å². The molecule has 4 aliphatic carbocycles. The number of nitrogen functional groups attached to an aromatic ring is 1. The topological polar surface area (TPSA) is 100.0 Å². The molecule has 0 aliphatic heterocycles. The van der Waals surface area contributed by atoms with Crippen LogP contribution >= 0.6 is 0 Å². The Labute approximate surface area is 234 Å². The molecular weight excluding hydrogens is 488 g/mol. The Morgan fingerprint density at radius 2 is 1.23 bits per heavy atom. The lowest BCUT2D eigenvalue weighted by molar-refractivity contribution is 0.0635. The highest BCUT2D eigenvalue weighted by Gasteiger charge is 2.28. The standard InChI is InChI=1S/C18H29N3O2.C13H21N3/c1-18(2,3)23-17(22)19-16-14-11-7-8-12-15(14)21(20-16)13-9-5-4-6-10-13;14-13-11-8-4-5-9-12(11)16(15-13)10-6-2-1-3-7-10/h13H,4-12H2,1-3H3,(H,19,20,22);10H,1-9H2,(H2,14,15). The molecule has 8 nitrogen and oxygen atoms in total. The Kier molecular flexibility index (Phi) is 8.87. The molecule has 4 aliphatic rings. The third-order valence-corrected chi connectivity index (χ3v) is 8.91. The second-order valence-electron chi connectivity index (χ2n) is 13.1. The highest BCUT2D eigenvalue weighted by molar-refractivity contribution is 5.84. The monoisotopic (exact) mass is 538 g/mol. The first-order valence-electron chi connectivity index (χ1n) is 15.8. The molecule has 2 aromatic heterocycles. The summed E-state index contributed by atoms with van der Waals surface area (Å²) in [6.07, 6.45) is 22.0. The van der Waals surface area contributed by atoms with Crippen LogP contribution in [0.2, 0.25) is 0 Å². The molecule has 3 N–H and O–H groups in total. The van der Waals surface area contributed by atoms with Gasteiger partial charge in [0.25, 0.3) is 0 Å². The van der Waals surface area contributed by atoms with Crippen molar-refractivity contribution < 1.29 is 9.53 Å². The van der Waals surface area contributed by atoms with Crippen LogP contribution in [0.5, 0.6) is 0 Å². The highest BCUT2D eigenvalue weighted by atomic mass is 16.6. The lowest BCUT2D eigenvalue weighted by Gasteiger charge is -2.25. The van der Waals surface area contributed by atoms with Crippen molar-refractivity contribution in [2.45, 2.75) is 154 Å². The first-order chi connectivity index (χ1) is 18.8. The molecule has 2 aromatic rings. The number of ether oxygens (including phenoxy) is 1. The van der Waals surface area contributed by atoms with Gasteiger partial charge in [0, 0.05) is 22.5 Å². The molecule has 216 valence electrons. The molecule has 1 amide bonds. The molecule has 0 unspecified atom stereocenters. The maximum absolute atomic E-state index is 12.1. The second kappa shape index (κ2) is 12.3. The summed E-state index contributed by atoms with van der Waals surface area (Å²) in [6, 6.07) is 1.14. The molecule has 2 fully saturated rings. The SMILES string of the molecule is CC(C)(C)OC(=O)Nc1nn(C2CCCCC2)c2c1CCCC2.Nc1nn(C2CCCCC2)c2c1CCCC2. The van der Waals surface area contributed by atoms with E-state index in [0.29, 0.717) is 12.1 Å².